The van der Waals surface area contributed by atoms with Crippen LogP contribution in [0.2, 0.25) is 0 Å². The van der Waals surface area contributed by atoms with Crippen LogP contribution in [0.25, 0.3) is 0 Å². The fraction of sp³-hybridized carbons (Fsp3) is 0.500. The minimum Gasteiger partial charge on any atom is -0.366 e. The summed E-state index contributed by atoms with van der Waals surface area (Å²) in [7, 11) is 0. The Labute approximate surface area is 107 Å². The molecule has 4 heteroatoms. The molecule has 0 spiro atoms. The number of carbonyl (C=O) groups excluding carboxylic acids is 1. The standard InChI is InChI=1S/C14H19N3O/c15-14(18)11-3-1-2-10(4-11)7-17-8-12-5-16-6-13(12)9-17/h1-4,12-13,16H,5-9H2,(H2,15,18)/t12-,13+. The minimum atomic E-state index is -0.348. The number of likely N-dealkylation sites (tertiary alicyclic amines) is 1. The SMILES string of the molecule is NC(=O)c1cccc(CN2C[C@H]3CNC[C@H]3C2)c1. The fourth-order valence-electron chi connectivity index (χ4n) is 3.16. The molecular formula is C14H19N3O. The molecule has 0 saturated carbocycles. The molecule has 4 nitrogen and oxygen atoms in total. The van der Waals surface area contributed by atoms with E-state index in [1.165, 1.54) is 18.7 Å². The summed E-state index contributed by atoms with van der Waals surface area (Å²) < 4.78 is 0. The molecule has 3 rings (SSSR count). The number of carbonyl (C=O) groups is 1. The summed E-state index contributed by atoms with van der Waals surface area (Å²) in [5, 5.41) is 3.44. The van der Waals surface area contributed by atoms with Crippen LogP contribution in [0.4, 0.5) is 0 Å². The Kier molecular flexibility index (Phi) is 3.06. The smallest absolute Gasteiger partial charge is 0.248 e. The van der Waals surface area contributed by atoms with Crippen LogP contribution >= 0.6 is 0 Å². The first-order valence-corrected chi connectivity index (χ1v) is 6.54. The van der Waals surface area contributed by atoms with E-state index in [0.29, 0.717) is 5.56 Å². The Morgan fingerprint density at radius 3 is 2.72 bits per heavy atom. The zero-order chi connectivity index (χ0) is 12.5. The Hall–Kier alpha value is -1.39. The van der Waals surface area contributed by atoms with Crippen LogP contribution in [0, 0.1) is 11.8 Å². The lowest BCUT2D eigenvalue weighted by molar-refractivity contribution is 0.1000. The van der Waals surface area contributed by atoms with Gasteiger partial charge in [-0.25, -0.2) is 0 Å². The maximum absolute atomic E-state index is 11.2. The predicted molar refractivity (Wildman–Crippen MR) is 70.1 cm³/mol. The molecule has 96 valence electrons. The highest BCUT2D eigenvalue weighted by molar-refractivity contribution is 5.92. The van der Waals surface area contributed by atoms with Gasteiger partial charge in [0.05, 0.1) is 0 Å². The number of hydrogen-bond acceptors (Lipinski definition) is 3. The normalized spacial score (nSPS) is 27.3. The maximum atomic E-state index is 11.2. The van der Waals surface area contributed by atoms with E-state index in [9.17, 15) is 4.79 Å². The van der Waals surface area contributed by atoms with E-state index in [2.05, 4.69) is 16.3 Å². The van der Waals surface area contributed by atoms with E-state index in [1.807, 2.05) is 12.1 Å². The quantitative estimate of drug-likeness (QED) is 0.812. The van der Waals surface area contributed by atoms with Gasteiger partial charge in [-0.05, 0) is 42.6 Å². The molecule has 0 aromatic heterocycles. The zero-order valence-electron chi connectivity index (χ0n) is 10.4. The summed E-state index contributed by atoms with van der Waals surface area (Å²) >= 11 is 0. The highest BCUT2D eigenvalue weighted by Gasteiger charge is 2.35. The lowest BCUT2D eigenvalue weighted by Crippen LogP contribution is -2.25. The molecule has 2 fully saturated rings. The third-order valence-corrected chi connectivity index (χ3v) is 4.08. The number of nitrogens with zero attached hydrogens (tertiary/aromatic N) is 1. The molecule has 1 amide bonds. The van der Waals surface area contributed by atoms with Crippen molar-refractivity contribution in [3.8, 4) is 0 Å². The summed E-state index contributed by atoms with van der Waals surface area (Å²) in [6.45, 7) is 5.57. The van der Waals surface area contributed by atoms with Crippen molar-refractivity contribution in [1.29, 1.82) is 0 Å². The predicted octanol–water partition coefficient (Wildman–Crippen LogP) is 0.437. The second-order valence-electron chi connectivity index (χ2n) is 5.44. The van der Waals surface area contributed by atoms with Gasteiger partial charge in [0.15, 0.2) is 0 Å². The van der Waals surface area contributed by atoms with Gasteiger partial charge in [-0.1, -0.05) is 12.1 Å². The Morgan fingerprint density at radius 1 is 1.33 bits per heavy atom. The van der Waals surface area contributed by atoms with Gasteiger partial charge in [0.2, 0.25) is 5.91 Å². The van der Waals surface area contributed by atoms with Crippen molar-refractivity contribution in [2.24, 2.45) is 17.6 Å². The lowest BCUT2D eigenvalue weighted by atomic mass is 10.0. The monoisotopic (exact) mass is 245 g/mol. The first-order chi connectivity index (χ1) is 8.72. The zero-order valence-corrected chi connectivity index (χ0v) is 10.4. The van der Waals surface area contributed by atoms with E-state index >= 15 is 0 Å². The van der Waals surface area contributed by atoms with Crippen molar-refractivity contribution in [2.45, 2.75) is 6.54 Å². The second kappa shape index (κ2) is 4.71. The summed E-state index contributed by atoms with van der Waals surface area (Å²) in [4.78, 5) is 13.6. The molecule has 2 heterocycles. The van der Waals surface area contributed by atoms with Crippen LogP contribution < -0.4 is 11.1 Å². The fourth-order valence-corrected chi connectivity index (χ4v) is 3.16. The average molecular weight is 245 g/mol. The van der Waals surface area contributed by atoms with E-state index in [-0.39, 0.29) is 5.91 Å². The van der Waals surface area contributed by atoms with Gasteiger partial charge >= 0.3 is 0 Å². The van der Waals surface area contributed by atoms with Crippen molar-refractivity contribution in [2.75, 3.05) is 26.2 Å². The van der Waals surface area contributed by atoms with Crippen molar-refractivity contribution >= 4 is 5.91 Å². The summed E-state index contributed by atoms with van der Waals surface area (Å²) in [6.07, 6.45) is 0. The van der Waals surface area contributed by atoms with Crippen LogP contribution in [0.3, 0.4) is 0 Å². The number of fused-ring (bicyclic) bond motifs is 1. The second-order valence-corrected chi connectivity index (χ2v) is 5.44. The van der Waals surface area contributed by atoms with Gasteiger partial charge in [0.25, 0.3) is 0 Å². The molecule has 2 atom stereocenters. The minimum absolute atomic E-state index is 0.348. The average Bonchev–Trinajstić information content (AvgIpc) is 2.90. The van der Waals surface area contributed by atoms with E-state index in [1.54, 1.807) is 6.07 Å². The van der Waals surface area contributed by atoms with Crippen LogP contribution in [0.1, 0.15) is 15.9 Å². The third kappa shape index (κ3) is 2.26. The summed E-state index contributed by atoms with van der Waals surface area (Å²) in [5.41, 5.74) is 7.09. The molecule has 0 aliphatic carbocycles. The van der Waals surface area contributed by atoms with Crippen LogP contribution in [-0.2, 0) is 6.54 Å². The number of hydrogen-bond donors (Lipinski definition) is 2. The summed E-state index contributed by atoms with van der Waals surface area (Å²) in [6, 6.07) is 7.66. The topological polar surface area (TPSA) is 58.4 Å². The molecule has 0 bridgehead atoms. The van der Waals surface area contributed by atoms with Crippen LogP contribution in [0.5, 0.6) is 0 Å². The Morgan fingerprint density at radius 2 is 2.06 bits per heavy atom. The van der Waals surface area contributed by atoms with Gasteiger partial charge in [0, 0.05) is 25.2 Å². The van der Waals surface area contributed by atoms with Gasteiger partial charge in [-0.2, -0.15) is 0 Å². The molecule has 2 aliphatic rings. The number of nitrogens with one attached hydrogen (secondary N) is 1. The van der Waals surface area contributed by atoms with Gasteiger partial charge in [-0.3, -0.25) is 9.69 Å². The molecule has 1 aromatic carbocycles. The van der Waals surface area contributed by atoms with Crippen molar-refractivity contribution < 1.29 is 4.79 Å². The number of nitrogens with two attached hydrogens (primary N) is 1. The van der Waals surface area contributed by atoms with Crippen molar-refractivity contribution in [3.05, 3.63) is 35.4 Å². The van der Waals surface area contributed by atoms with Crippen LogP contribution in [0.15, 0.2) is 24.3 Å². The first-order valence-electron chi connectivity index (χ1n) is 6.54. The molecule has 2 saturated heterocycles. The molecule has 0 radical (unpaired) electrons. The number of rotatable bonds is 3. The Bertz CT molecular complexity index is 448. The Balaban J connectivity index is 1.66. The van der Waals surface area contributed by atoms with Crippen molar-refractivity contribution in [3.63, 3.8) is 0 Å². The number of amides is 1. The largest absolute Gasteiger partial charge is 0.366 e. The molecule has 0 unspecified atom stereocenters. The highest BCUT2D eigenvalue weighted by atomic mass is 16.1. The molecule has 3 N–H and O–H groups in total. The first kappa shape index (κ1) is 11.7. The van der Waals surface area contributed by atoms with E-state index < -0.39 is 0 Å². The molecular weight excluding hydrogens is 226 g/mol. The van der Waals surface area contributed by atoms with E-state index in [0.717, 1.165) is 31.5 Å². The third-order valence-electron chi connectivity index (χ3n) is 4.08. The number of primary amides is 1. The molecule has 2 aliphatic heterocycles. The van der Waals surface area contributed by atoms with E-state index in [4.69, 9.17) is 5.73 Å². The molecule has 18 heavy (non-hydrogen) atoms. The van der Waals surface area contributed by atoms with Gasteiger partial charge in [-0.15, -0.1) is 0 Å². The maximum Gasteiger partial charge on any atom is 0.248 e. The lowest BCUT2D eigenvalue weighted by Gasteiger charge is -2.17. The highest BCUT2D eigenvalue weighted by Crippen LogP contribution is 2.27. The van der Waals surface area contributed by atoms with Gasteiger partial charge in [0.1, 0.15) is 0 Å². The summed E-state index contributed by atoms with van der Waals surface area (Å²) in [5.74, 6) is 1.27. The van der Waals surface area contributed by atoms with Crippen LogP contribution in [-0.4, -0.2) is 37.0 Å². The van der Waals surface area contributed by atoms with Gasteiger partial charge < -0.3 is 11.1 Å². The van der Waals surface area contributed by atoms with Crippen molar-refractivity contribution in [1.82, 2.24) is 10.2 Å². The molecule has 1 aromatic rings. The number of benzene rings is 1.